The van der Waals surface area contributed by atoms with Crippen molar-refractivity contribution in [2.24, 2.45) is 0 Å². The van der Waals surface area contributed by atoms with Gasteiger partial charge in [0.2, 0.25) is 0 Å². The second-order valence-electron chi connectivity index (χ2n) is 5.23. The molecule has 17 heavy (non-hydrogen) atoms. The number of carbonyl (C=O) groups excluding carboxylic acids is 1. The predicted molar refractivity (Wildman–Crippen MR) is 81.2 cm³/mol. The molecule has 0 aliphatic carbocycles. The average Bonchev–Trinajstić information content (AvgIpc) is 1.96. The second-order valence-corrected chi connectivity index (χ2v) is 8.30. The Hall–Kier alpha value is 0.280. The summed E-state index contributed by atoms with van der Waals surface area (Å²) < 4.78 is 4.18. The minimum absolute atomic E-state index is 0.532. The first kappa shape index (κ1) is 17.3. The summed E-state index contributed by atoms with van der Waals surface area (Å²) >= 11 is 12.8. The normalized spacial score (nSPS) is 16.6. The lowest BCUT2D eigenvalue weighted by atomic mass is 10.2. The number of rotatable bonds is 3. The van der Waals surface area contributed by atoms with E-state index in [9.17, 15) is 4.79 Å². The van der Waals surface area contributed by atoms with Crippen LogP contribution in [0.25, 0.3) is 0 Å². The van der Waals surface area contributed by atoms with Gasteiger partial charge in [0.25, 0.3) is 0 Å². The quantitative estimate of drug-likeness (QED) is 0.477. The molecule has 1 atom stereocenters. The number of thiol groups is 3. The Morgan fingerprint density at radius 2 is 1.53 bits per heavy atom. The van der Waals surface area contributed by atoms with Gasteiger partial charge in [-0.25, -0.2) is 4.79 Å². The zero-order valence-corrected chi connectivity index (χ0v) is 13.8. The van der Waals surface area contributed by atoms with Crippen LogP contribution in [0.3, 0.4) is 0 Å². The molecule has 0 spiro atoms. The van der Waals surface area contributed by atoms with Gasteiger partial charge >= 0.3 is 6.09 Å². The molecule has 0 aliphatic rings. The van der Waals surface area contributed by atoms with Crippen LogP contribution >= 0.6 is 37.9 Å². The molecule has 0 fully saturated rings. The molecule has 1 amide bonds. The molecule has 4 nitrogen and oxygen atoms in total. The molecule has 0 aromatic rings. The summed E-state index contributed by atoms with van der Waals surface area (Å²) in [5, 5.41) is 2.72. The third-order valence-electron chi connectivity index (χ3n) is 2.29. The maximum Gasteiger partial charge on any atom is 0.409 e. The molecule has 0 saturated heterocycles. The van der Waals surface area contributed by atoms with Gasteiger partial charge in [0, 0.05) is 0 Å². The summed E-state index contributed by atoms with van der Waals surface area (Å²) in [4.78, 5) is 13.5. The van der Waals surface area contributed by atoms with Crippen molar-refractivity contribution in [3.05, 3.63) is 0 Å². The molecule has 0 rings (SSSR count). The lowest BCUT2D eigenvalue weighted by molar-refractivity contribution is 0.0339. The Bertz CT molecular complexity index is 284. The van der Waals surface area contributed by atoms with E-state index in [0.29, 0.717) is 0 Å². The van der Waals surface area contributed by atoms with E-state index in [1.165, 1.54) is 0 Å². The highest BCUT2D eigenvalue weighted by atomic mass is 32.2. The number of amides is 1. The standard InChI is InChI=1S/C10H22N2O2S3/c1-8(2,3)14-7(13)11-9(4,12(5)6)10(15,16)17/h15-17H,1-6H3,(H,11,13). The highest BCUT2D eigenvalue weighted by Crippen LogP contribution is 2.38. The van der Waals surface area contributed by atoms with Crippen molar-refractivity contribution in [3.63, 3.8) is 0 Å². The van der Waals surface area contributed by atoms with Crippen molar-refractivity contribution in [1.82, 2.24) is 10.2 Å². The molecule has 0 saturated carbocycles. The van der Waals surface area contributed by atoms with Gasteiger partial charge in [0.1, 0.15) is 14.7 Å². The number of hydrogen-bond acceptors (Lipinski definition) is 6. The van der Waals surface area contributed by atoms with Crippen molar-refractivity contribution in [2.45, 2.75) is 42.4 Å². The first-order valence-corrected chi connectivity index (χ1v) is 6.49. The zero-order chi connectivity index (χ0) is 14.1. The monoisotopic (exact) mass is 298 g/mol. The minimum atomic E-state index is -1.02. The first-order chi connectivity index (χ1) is 7.29. The first-order valence-electron chi connectivity index (χ1n) is 5.15. The van der Waals surface area contributed by atoms with Crippen LogP contribution in [0.5, 0.6) is 0 Å². The Balaban J connectivity index is 4.87. The van der Waals surface area contributed by atoms with Crippen molar-refractivity contribution >= 4 is 44.0 Å². The van der Waals surface area contributed by atoms with Crippen LogP contribution in [0, 0.1) is 0 Å². The number of hydrogen-bond donors (Lipinski definition) is 4. The molecular formula is C10H22N2O2S3. The Kier molecular flexibility index (Phi) is 5.59. The van der Waals surface area contributed by atoms with E-state index in [2.05, 4.69) is 43.2 Å². The van der Waals surface area contributed by atoms with Crippen molar-refractivity contribution in [3.8, 4) is 0 Å². The van der Waals surface area contributed by atoms with E-state index in [0.717, 1.165) is 0 Å². The van der Waals surface area contributed by atoms with E-state index in [1.54, 1.807) is 46.7 Å². The number of nitrogens with one attached hydrogen (secondary N) is 1. The summed E-state index contributed by atoms with van der Waals surface area (Å²) in [6.45, 7) is 7.17. The fourth-order valence-electron chi connectivity index (χ4n) is 0.998. The van der Waals surface area contributed by atoms with Crippen molar-refractivity contribution < 1.29 is 9.53 Å². The van der Waals surface area contributed by atoms with Crippen LogP contribution < -0.4 is 5.32 Å². The number of ether oxygens (including phenoxy) is 1. The lowest BCUT2D eigenvalue weighted by Crippen LogP contribution is -2.64. The summed E-state index contributed by atoms with van der Waals surface area (Å²) in [5.74, 6) is 0. The molecule has 1 unspecified atom stereocenters. The van der Waals surface area contributed by atoms with Gasteiger partial charge in [0.05, 0.1) is 0 Å². The Labute approximate surface area is 120 Å². The fourth-order valence-corrected chi connectivity index (χ4v) is 1.77. The molecule has 0 aromatic carbocycles. The summed E-state index contributed by atoms with van der Waals surface area (Å²) in [5.41, 5.74) is -1.42. The second kappa shape index (κ2) is 5.50. The molecule has 0 heterocycles. The number of alkyl carbamates (subject to hydrolysis) is 1. The molecule has 0 radical (unpaired) electrons. The van der Waals surface area contributed by atoms with Crippen LogP contribution in [0.1, 0.15) is 27.7 Å². The SMILES string of the molecule is CN(C)C(C)(NC(=O)OC(C)(C)C)C(S)(S)S. The summed E-state index contributed by atoms with van der Waals surface area (Å²) in [7, 11) is 3.60. The maximum atomic E-state index is 11.8. The Morgan fingerprint density at radius 1 is 1.12 bits per heavy atom. The summed E-state index contributed by atoms with van der Waals surface area (Å²) in [6, 6.07) is 0. The van der Waals surface area contributed by atoms with Crippen molar-refractivity contribution in [2.75, 3.05) is 14.1 Å². The third-order valence-corrected chi connectivity index (χ3v) is 3.60. The number of nitrogens with zero attached hydrogens (tertiary/aromatic N) is 1. The molecular weight excluding hydrogens is 276 g/mol. The van der Waals surface area contributed by atoms with E-state index < -0.39 is 20.8 Å². The van der Waals surface area contributed by atoms with Crippen LogP contribution in [0.15, 0.2) is 0 Å². The largest absolute Gasteiger partial charge is 0.444 e. The highest BCUT2D eigenvalue weighted by molar-refractivity contribution is 8.17. The van der Waals surface area contributed by atoms with Crippen molar-refractivity contribution in [1.29, 1.82) is 0 Å². The van der Waals surface area contributed by atoms with Crippen LogP contribution in [-0.2, 0) is 4.74 Å². The molecule has 102 valence electrons. The smallest absolute Gasteiger partial charge is 0.409 e. The van der Waals surface area contributed by atoms with Gasteiger partial charge < -0.3 is 10.1 Å². The van der Waals surface area contributed by atoms with Gasteiger partial charge in [-0.05, 0) is 41.8 Å². The van der Waals surface area contributed by atoms with Gasteiger partial charge in [0.15, 0.2) is 0 Å². The van der Waals surface area contributed by atoms with Crippen LogP contribution in [0.2, 0.25) is 0 Å². The zero-order valence-electron chi connectivity index (χ0n) is 11.1. The van der Waals surface area contributed by atoms with E-state index in [1.807, 2.05) is 0 Å². The minimum Gasteiger partial charge on any atom is -0.444 e. The maximum absolute atomic E-state index is 11.8. The average molecular weight is 298 g/mol. The predicted octanol–water partition coefficient (Wildman–Crippen LogP) is 2.23. The molecule has 0 aromatic heterocycles. The molecule has 7 heteroatoms. The Morgan fingerprint density at radius 3 is 1.76 bits per heavy atom. The van der Waals surface area contributed by atoms with E-state index >= 15 is 0 Å². The van der Waals surface area contributed by atoms with Gasteiger partial charge in [-0.1, -0.05) is 0 Å². The lowest BCUT2D eigenvalue weighted by Gasteiger charge is -2.44. The van der Waals surface area contributed by atoms with Gasteiger partial charge in [-0.2, -0.15) is 0 Å². The molecule has 1 N–H and O–H groups in total. The summed E-state index contributed by atoms with van der Waals surface area (Å²) in [6.07, 6.45) is -0.532. The topological polar surface area (TPSA) is 41.6 Å². The van der Waals surface area contributed by atoms with Crippen LogP contribution in [-0.4, -0.2) is 39.8 Å². The molecule has 0 aliphatic heterocycles. The number of carbonyl (C=O) groups is 1. The van der Waals surface area contributed by atoms with E-state index in [4.69, 9.17) is 4.74 Å². The fraction of sp³-hybridized carbons (Fsp3) is 0.900. The van der Waals surface area contributed by atoms with Gasteiger partial charge in [-0.15, -0.1) is 37.9 Å². The third kappa shape index (κ3) is 5.19. The van der Waals surface area contributed by atoms with Crippen LogP contribution in [0.4, 0.5) is 4.79 Å². The molecule has 0 bridgehead atoms. The van der Waals surface area contributed by atoms with Gasteiger partial charge in [-0.3, -0.25) is 4.90 Å². The van der Waals surface area contributed by atoms with E-state index in [-0.39, 0.29) is 0 Å². The highest BCUT2D eigenvalue weighted by Gasteiger charge is 2.44.